The molecule has 0 aliphatic rings. The summed E-state index contributed by atoms with van der Waals surface area (Å²) in [5.41, 5.74) is 12.0. The summed E-state index contributed by atoms with van der Waals surface area (Å²) >= 11 is 0. The second kappa shape index (κ2) is 14.9. The maximum absolute atomic E-state index is 6.70. The van der Waals surface area contributed by atoms with Crippen molar-refractivity contribution in [2.45, 2.75) is 27.7 Å². The van der Waals surface area contributed by atoms with E-state index in [9.17, 15) is 0 Å². The second-order valence-electron chi connectivity index (χ2n) is 15.9. The van der Waals surface area contributed by atoms with E-state index in [2.05, 4.69) is 128 Å². The largest absolute Gasteiger partial charge is 0.457 e. The first-order chi connectivity index (χ1) is 30.3. The number of ether oxygens (including phenoxy) is 2. The molecule has 0 unspecified atom stereocenters. The molecule has 0 saturated carbocycles. The smallest absolute Gasteiger partial charge is 0.137 e. The Morgan fingerprint density at radius 1 is 0.403 bits per heavy atom. The minimum Gasteiger partial charge on any atom is -0.457 e. The van der Waals surface area contributed by atoms with Gasteiger partial charge in [-0.25, -0.2) is 9.97 Å². The van der Waals surface area contributed by atoms with Crippen molar-refractivity contribution in [1.29, 1.82) is 0 Å². The summed E-state index contributed by atoms with van der Waals surface area (Å²) in [5, 5.41) is 4.62. The van der Waals surface area contributed by atoms with Crippen LogP contribution in [0.5, 0.6) is 23.0 Å². The van der Waals surface area contributed by atoms with E-state index in [4.69, 9.17) is 29.4 Å². The Morgan fingerprint density at radius 3 is 1.52 bits per heavy atom. The number of pyridine rings is 2. The monoisotopic (exact) mass is 804 g/mol. The van der Waals surface area contributed by atoms with Crippen molar-refractivity contribution in [3.8, 4) is 57.1 Å². The van der Waals surface area contributed by atoms with Gasteiger partial charge in [-0.3, -0.25) is 19.1 Å². The van der Waals surface area contributed by atoms with Crippen molar-refractivity contribution in [2.75, 3.05) is 0 Å². The molecule has 62 heavy (non-hydrogen) atoms. The quantitative estimate of drug-likeness (QED) is 0.152. The summed E-state index contributed by atoms with van der Waals surface area (Å²) in [6.07, 6.45) is 7.35. The molecule has 298 valence electrons. The predicted octanol–water partition coefficient (Wildman–Crippen LogP) is 13.6. The van der Waals surface area contributed by atoms with Crippen LogP contribution in [0.1, 0.15) is 22.3 Å². The van der Waals surface area contributed by atoms with Crippen molar-refractivity contribution in [2.24, 2.45) is 0 Å². The lowest BCUT2D eigenvalue weighted by atomic mass is 10.0. The average Bonchev–Trinajstić information content (AvgIpc) is 3.80. The van der Waals surface area contributed by atoms with E-state index in [1.807, 2.05) is 79.4 Å². The van der Waals surface area contributed by atoms with Crippen LogP contribution >= 0.6 is 0 Å². The fourth-order valence-electron chi connectivity index (χ4n) is 8.50. The lowest BCUT2D eigenvalue weighted by Gasteiger charge is -2.14. The molecule has 0 saturated heterocycles. The van der Waals surface area contributed by atoms with E-state index in [1.54, 1.807) is 0 Å². The SMILES string of the molecule is Cc1ccnc(-n2c3ccccc3c3ccc(Oc4cccc(-c5cnc(-c6cc(C)c(C)c(Oc7ccc8c9ccccc9n(-c9cc(C)ccn9)c8c7)c6)cn5)c4)cc32)c1. The highest BCUT2D eigenvalue weighted by Crippen LogP contribution is 2.39. The Balaban J connectivity index is 0.874. The molecule has 8 nitrogen and oxygen atoms in total. The molecular formula is C54H40N6O2. The molecule has 5 aromatic heterocycles. The van der Waals surface area contributed by atoms with Crippen LogP contribution in [0.3, 0.4) is 0 Å². The molecule has 0 fully saturated rings. The van der Waals surface area contributed by atoms with Gasteiger partial charge in [0, 0.05) is 57.2 Å². The number of hydrogen-bond donors (Lipinski definition) is 0. The third-order valence-electron chi connectivity index (χ3n) is 11.7. The van der Waals surface area contributed by atoms with E-state index in [0.717, 1.165) is 106 Å². The van der Waals surface area contributed by atoms with E-state index < -0.39 is 0 Å². The third-order valence-corrected chi connectivity index (χ3v) is 11.7. The topological polar surface area (TPSA) is 79.9 Å². The highest BCUT2D eigenvalue weighted by Gasteiger charge is 2.17. The van der Waals surface area contributed by atoms with E-state index >= 15 is 0 Å². The number of fused-ring (bicyclic) bond motifs is 6. The minimum absolute atomic E-state index is 0.703. The van der Waals surface area contributed by atoms with Gasteiger partial charge in [0.1, 0.15) is 34.6 Å². The van der Waals surface area contributed by atoms with Gasteiger partial charge in [-0.2, -0.15) is 0 Å². The van der Waals surface area contributed by atoms with E-state index in [1.165, 1.54) is 10.8 Å². The molecular weight excluding hydrogens is 765 g/mol. The molecule has 0 amide bonds. The predicted molar refractivity (Wildman–Crippen MR) is 249 cm³/mol. The van der Waals surface area contributed by atoms with Gasteiger partial charge in [0.15, 0.2) is 0 Å². The zero-order valence-corrected chi connectivity index (χ0v) is 34.7. The molecule has 0 atom stereocenters. The Bertz CT molecular complexity index is 3530. The first-order valence-corrected chi connectivity index (χ1v) is 20.7. The van der Waals surface area contributed by atoms with E-state index in [0.29, 0.717) is 5.75 Å². The van der Waals surface area contributed by atoms with Gasteiger partial charge >= 0.3 is 0 Å². The van der Waals surface area contributed by atoms with Crippen LogP contribution < -0.4 is 9.47 Å². The Hall–Kier alpha value is -8.10. The molecule has 11 rings (SSSR count). The molecule has 0 aliphatic carbocycles. The summed E-state index contributed by atoms with van der Waals surface area (Å²) in [7, 11) is 0. The highest BCUT2D eigenvalue weighted by atomic mass is 16.5. The standard InChI is InChI=1S/C54H40N6O2/c1-33-20-22-55-53(24-33)59-48-14-7-5-12-42(48)44-18-16-40(29-50(44)59)61-39-11-9-10-37(27-39)46-31-58-47(32-57-46)38-26-35(3)36(4)52(28-38)62-41-17-19-45-43-13-6-8-15-49(43)60(51(45)30-41)54-25-34(2)21-23-56-54/h5-32H,1-4H3. The molecule has 5 heterocycles. The summed E-state index contributed by atoms with van der Waals surface area (Å²) in [4.78, 5) is 19.2. The lowest BCUT2D eigenvalue weighted by Crippen LogP contribution is -1.98. The van der Waals surface area contributed by atoms with Crippen LogP contribution in [-0.4, -0.2) is 29.1 Å². The van der Waals surface area contributed by atoms with Crippen LogP contribution in [0.2, 0.25) is 0 Å². The van der Waals surface area contributed by atoms with Crippen molar-refractivity contribution in [1.82, 2.24) is 29.1 Å². The summed E-state index contributed by atoms with van der Waals surface area (Å²) in [5.74, 6) is 4.68. The van der Waals surface area contributed by atoms with Gasteiger partial charge in [0.05, 0.1) is 45.8 Å². The minimum atomic E-state index is 0.703. The number of aryl methyl sites for hydroxylation is 3. The number of rotatable bonds is 8. The zero-order valence-electron chi connectivity index (χ0n) is 34.7. The first-order valence-electron chi connectivity index (χ1n) is 20.7. The second-order valence-corrected chi connectivity index (χ2v) is 15.9. The van der Waals surface area contributed by atoms with Gasteiger partial charge in [0.25, 0.3) is 0 Å². The number of hydrogen-bond acceptors (Lipinski definition) is 6. The molecule has 0 N–H and O–H groups in total. The van der Waals surface area contributed by atoms with Crippen LogP contribution in [0.15, 0.2) is 170 Å². The molecule has 0 aliphatic heterocycles. The third kappa shape index (κ3) is 6.49. The lowest BCUT2D eigenvalue weighted by molar-refractivity contribution is 0.479. The van der Waals surface area contributed by atoms with Crippen LogP contribution in [0.25, 0.3) is 77.8 Å². The van der Waals surface area contributed by atoms with Gasteiger partial charge < -0.3 is 9.47 Å². The fourth-order valence-corrected chi connectivity index (χ4v) is 8.50. The summed E-state index contributed by atoms with van der Waals surface area (Å²) in [6, 6.07) is 49.8. The van der Waals surface area contributed by atoms with Gasteiger partial charge in [-0.1, -0.05) is 48.5 Å². The maximum atomic E-state index is 6.70. The number of aromatic nitrogens is 6. The van der Waals surface area contributed by atoms with Crippen molar-refractivity contribution >= 4 is 43.6 Å². The summed E-state index contributed by atoms with van der Waals surface area (Å²) in [6.45, 7) is 8.36. The Labute approximate surface area is 358 Å². The molecule has 0 spiro atoms. The van der Waals surface area contributed by atoms with Crippen molar-refractivity contribution in [3.05, 3.63) is 193 Å². The molecule has 11 aromatic rings. The first kappa shape index (κ1) is 36.9. The molecule has 0 bridgehead atoms. The Kier molecular flexibility index (Phi) is 8.86. The maximum Gasteiger partial charge on any atom is 0.137 e. The van der Waals surface area contributed by atoms with Crippen LogP contribution in [0, 0.1) is 27.7 Å². The number of nitrogens with zero attached hydrogens (tertiary/aromatic N) is 6. The van der Waals surface area contributed by atoms with Crippen molar-refractivity contribution in [3.63, 3.8) is 0 Å². The van der Waals surface area contributed by atoms with E-state index in [-0.39, 0.29) is 0 Å². The molecule has 0 radical (unpaired) electrons. The van der Waals surface area contributed by atoms with Crippen molar-refractivity contribution < 1.29 is 9.47 Å². The van der Waals surface area contributed by atoms with Crippen LogP contribution in [0.4, 0.5) is 0 Å². The van der Waals surface area contributed by atoms with Gasteiger partial charge in [0.2, 0.25) is 0 Å². The normalized spacial score (nSPS) is 11.5. The number of benzene rings is 6. The molecule has 6 aromatic carbocycles. The fraction of sp³-hybridized carbons (Fsp3) is 0.0741. The van der Waals surface area contributed by atoms with Gasteiger partial charge in [-0.15, -0.1) is 0 Å². The zero-order chi connectivity index (χ0) is 41.9. The number of para-hydroxylation sites is 2. The summed E-state index contributed by atoms with van der Waals surface area (Å²) < 4.78 is 17.6. The highest BCUT2D eigenvalue weighted by molar-refractivity contribution is 6.10. The molecule has 8 heteroatoms. The van der Waals surface area contributed by atoms with Crippen LogP contribution in [-0.2, 0) is 0 Å². The Morgan fingerprint density at radius 2 is 0.935 bits per heavy atom. The average molecular weight is 805 g/mol. The van der Waals surface area contributed by atoms with Gasteiger partial charge in [-0.05, 0) is 135 Å².